The summed E-state index contributed by atoms with van der Waals surface area (Å²) in [5.74, 6) is 0.447. The first kappa shape index (κ1) is 11.2. The van der Waals surface area contributed by atoms with Crippen molar-refractivity contribution >= 4 is 28.5 Å². The van der Waals surface area contributed by atoms with Gasteiger partial charge in [-0.15, -0.1) is 11.3 Å². The lowest BCUT2D eigenvalue weighted by Crippen LogP contribution is -2.08. The summed E-state index contributed by atoms with van der Waals surface area (Å²) in [5.41, 5.74) is 1.03. The number of nitrogens with zero attached hydrogens (tertiary/aromatic N) is 1. The molecule has 1 amide bonds. The average Bonchev–Trinajstić information content (AvgIpc) is 3.01. The minimum Gasteiger partial charge on any atom is -0.465 e. The van der Waals surface area contributed by atoms with Crippen LogP contribution in [0.5, 0.6) is 0 Å². The van der Waals surface area contributed by atoms with Gasteiger partial charge in [0.15, 0.2) is 5.13 Å². The van der Waals surface area contributed by atoms with Gasteiger partial charge in [0.2, 0.25) is 5.91 Å². The van der Waals surface area contributed by atoms with Gasteiger partial charge in [0, 0.05) is 24.0 Å². The third-order valence-electron chi connectivity index (χ3n) is 2.53. The second-order valence-corrected chi connectivity index (χ2v) is 4.91. The largest absolute Gasteiger partial charge is 0.465 e. The number of carbonyl (C=O) groups excluding carboxylic acids is 1. The number of amides is 1. The minimum atomic E-state index is -0.202. The molecule has 2 aromatic heterocycles. The number of rotatable bonds is 3. The van der Waals surface area contributed by atoms with E-state index in [4.69, 9.17) is 4.42 Å². The van der Waals surface area contributed by atoms with Crippen molar-refractivity contribution in [1.82, 2.24) is 10.3 Å². The van der Waals surface area contributed by atoms with Crippen LogP contribution in [-0.2, 0) is 17.9 Å². The molecule has 0 aromatic carbocycles. The zero-order chi connectivity index (χ0) is 12.4. The van der Waals surface area contributed by atoms with E-state index in [-0.39, 0.29) is 5.91 Å². The SMILES string of the molecule is O=C(/C=C/c1ccco1)Nc1nc2c(s1)CNC2. The molecule has 2 N–H and O–H groups in total. The molecule has 1 aliphatic heterocycles. The van der Waals surface area contributed by atoms with Crippen molar-refractivity contribution in [2.24, 2.45) is 0 Å². The molecule has 0 fully saturated rings. The third kappa shape index (κ3) is 2.34. The molecule has 92 valence electrons. The Balaban J connectivity index is 1.63. The molecule has 0 unspecified atom stereocenters. The molecular formula is C12H11N3O2S. The predicted octanol–water partition coefficient (Wildman–Crippen LogP) is 1.99. The molecule has 0 radical (unpaired) electrons. The zero-order valence-corrected chi connectivity index (χ0v) is 10.3. The Morgan fingerprint density at radius 2 is 2.50 bits per heavy atom. The van der Waals surface area contributed by atoms with Gasteiger partial charge < -0.3 is 9.73 Å². The molecular weight excluding hydrogens is 250 g/mol. The van der Waals surface area contributed by atoms with Crippen molar-refractivity contribution in [3.05, 3.63) is 40.8 Å². The number of anilines is 1. The van der Waals surface area contributed by atoms with Crippen LogP contribution >= 0.6 is 11.3 Å². The van der Waals surface area contributed by atoms with Gasteiger partial charge in [0.1, 0.15) is 5.76 Å². The second kappa shape index (κ2) is 4.75. The molecule has 0 saturated carbocycles. The Hall–Kier alpha value is -1.92. The van der Waals surface area contributed by atoms with Crippen LogP contribution in [0.4, 0.5) is 5.13 Å². The Morgan fingerprint density at radius 3 is 3.28 bits per heavy atom. The van der Waals surface area contributed by atoms with Crippen molar-refractivity contribution < 1.29 is 9.21 Å². The summed E-state index contributed by atoms with van der Waals surface area (Å²) in [4.78, 5) is 17.2. The van der Waals surface area contributed by atoms with E-state index in [1.165, 1.54) is 22.3 Å². The highest BCUT2D eigenvalue weighted by atomic mass is 32.1. The number of thiazole rings is 1. The number of aromatic nitrogens is 1. The summed E-state index contributed by atoms with van der Waals surface area (Å²) in [5, 5.41) is 6.60. The quantitative estimate of drug-likeness (QED) is 0.829. The molecule has 0 atom stereocenters. The van der Waals surface area contributed by atoms with Gasteiger partial charge >= 0.3 is 0 Å². The monoisotopic (exact) mass is 261 g/mol. The number of fused-ring (bicyclic) bond motifs is 1. The second-order valence-electron chi connectivity index (χ2n) is 3.83. The molecule has 6 heteroatoms. The number of nitrogens with one attached hydrogen (secondary N) is 2. The summed E-state index contributed by atoms with van der Waals surface area (Å²) in [6.07, 6.45) is 4.62. The summed E-state index contributed by atoms with van der Waals surface area (Å²) < 4.78 is 5.10. The molecule has 2 aromatic rings. The van der Waals surface area contributed by atoms with Gasteiger partial charge in [-0.2, -0.15) is 0 Å². The maximum atomic E-state index is 11.6. The molecule has 0 saturated heterocycles. The fourth-order valence-corrected chi connectivity index (χ4v) is 2.65. The van der Waals surface area contributed by atoms with Gasteiger partial charge in [-0.05, 0) is 18.2 Å². The Labute approximate surface area is 108 Å². The normalized spacial score (nSPS) is 14.0. The van der Waals surface area contributed by atoms with Crippen molar-refractivity contribution in [2.75, 3.05) is 5.32 Å². The summed E-state index contributed by atoms with van der Waals surface area (Å²) in [7, 11) is 0. The summed E-state index contributed by atoms with van der Waals surface area (Å²) in [6, 6.07) is 3.56. The number of hydrogen-bond acceptors (Lipinski definition) is 5. The van der Waals surface area contributed by atoms with Gasteiger partial charge in [-0.25, -0.2) is 4.98 Å². The third-order valence-corrected chi connectivity index (χ3v) is 3.54. The maximum absolute atomic E-state index is 11.6. The smallest absolute Gasteiger partial charge is 0.250 e. The Morgan fingerprint density at radius 1 is 1.56 bits per heavy atom. The number of carbonyl (C=O) groups is 1. The topological polar surface area (TPSA) is 67.2 Å². The molecule has 1 aliphatic rings. The van der Waals surface area contributed by atoms with Crippen LogP contribution in [0.1, 0.15) is 16.3 Å². The highest BCUT2D eigenvalue weighted by Crippen LogP contribution is 2.26. The molecule has 0 aliphatic carbocycles. The van der Waals surface area contributed by atoms with Crippen LogP contribution in [0, 0.1) is 0 Å². The zero-order valence-electron chi connectivity index (χ0n) is 9.47. The minimum absolute atomic E-state index is 0.202. The van der Waals surface area contributed by atoms with Crippen LogP contribution in [0.25, 0.3) is 6.08 Å². The number of hydrogen-bond donors (Lipinski definition) is 2. The van der Waals surface area contributed by atoms with E-state index in [1.807, 2.05) is 0 Å². The van der Waals surface area contributed by atoms with E-state index in [2.05, 4.69) is 15.6 Å². The van der Waals surface area contributed by atoms with E-state index in [1.54, 1.807) is 24.5 Å². The lowest BCUT2D eigenvalue weighted by molar-refractivity contribution is -0.111. The Bertz CT molecular complexity index is 565. The first-order chi connectivity index (χ1) is 8.81. The van der Waals surface area contributed by atoms with Gasteiger partial charge in [-0.3, -0.25) is 10.1 Å². The highest BCUT2D eigenvalue weighted by molar-refractivity contribution is 7.15. The van der Waals surface area contributed by atoms with Crippen LogP contribution in [0.3, 0.4) is 0 Å². The van der Waals surface area contributed by atoms with E-state index in [0.717, 1.165) is 18.8 Å². The molecule has 0 bridgehead atoms. The first-order valence-electron chi connectivity index (χ1n) is 5.53. The molecule has 3 heterocycles. The van der Waals surface area contributed by atoms with E-state index < -0.39 is 0 Å². The molecule has 5 nitrogen and oxygen atoms in total. The standard InChI is InChI=1S/C12H11N3O2S/c16-11(4-3-8-2-1-5-17-8)15-12-14-9-6-13-7-10(9)18-12/h1-5,13H,6-7H2,(H,14,15,16)/b4-3+. The predicted molar refractivity (Wildman–Crippen MR) is 69.0 cm³/mol. The molecule has 3 rings (SSSR count). The number of furan rings is 1. The summed E-state index contributed by atoms with van der Waals surface area (Å²) >= 11 is 1.51. The van der Waals surface area contributed by atoms with E-state index in [9.17, 15) is 4.79 Å². The lowest BCUT2D eigenvalue weighted by atomic mass is 10.4. The van der Waals surface area contributed by atoms with Crippen molar-refractivity contribution in [3.8, 4) is 0 Å². The van der Waals surface area contributed by atoms with Crippen molar-refractivity contribution in [3.63, 3.8) is 0 Å². The van der Waals surface area contributed by atoms with E-state index >= 15 is 0 Å². The average molecular weight is 261 g/mol. The summed E-state index contributed by atoms with van der Waals surface area (Å²) in [6.45, 7) is 1.62. The fourth-order valence-electron chi connectivity index (χ4n) is 1.70. The first-order valence-corrected chi connectivity index (χ1v) is 6.35. The van der Waals surface area contributed by atoms with Crippen LogP contribution in [-0.4, -0.2) is 10.9 Å². The van der Waals surface area contributed by atoms with Crippen LogP contribution in [0.2, 0.25) is 0 Å². The van der Waals surface area contributed by atoms with Crippen molar-refractivity contribution in [1.29, 1.82) is 0 Å². The lowest BCUT2D eigenvalue weighted by Gasteiger charge is -1.96. The van der Waals surface area contributed by atoms with Gasteiger partial charge in [-0.1, -0.05) is 0 Å². The van der Waals surface area contributed by atoms with Gasteiger partial charge in [0.05, 0.1) is 12.0 Å². The highest BCUT2D eigenvalue weighted by Gasteiger charge is 2.16. The maximum Gasteiger partial charge on any atom is 0.250 e. The molecule has 18 heavy (non-hydrogen) atoms. The van der Waals surface area contributed by atoms with Crippen LogP contribution in [0.15, 0.2) is 28.9 Å². The van der Waals surface area contributed by atoms with Gasteiger partial charge in [0.25, 0.3) is 0 Å². The van der Waals surface area contributed by atoms with E-state index in [0.29, 0.717) is 10.9 Å². The van der Waals surface area contributed by atoms with Crippen molar-refractivity contribution in [2.45, 2.75) is 13.1 Å². The molecule has 0 spiro atoms. The fraction of sp³-hybridized carbons (Fsp3) is 0.167. The van der Waals surface area contributed by atoms with Crippen LogP contribution < -0.4 is 10.6 Å². The Kier molecular flexibility index (Phi) is 2.95.